The number of hydrogen-bond donors (Lipinski definition) is 3. The summed E-state index contributed by atoms with van der Waals surface area (Å²) in [6.45, 7) is 2.31. The first-order valence-electron chi connectivity index (χ1n) is 6.26. The Morgan fingerprint density at radius 2 is 2.25 bits per heavy atom. The van der Waals surface area contributed by atoms with Crippen molar-refractivity contribution in [3.8, 4) is 12.3 Å². The van der Waals surface area contributed by atoms with Gasteiger partial charge in [0.25, 0.3) is 5.91 Å². The fraction of sp³-hybridized carbons (Fsp3) is 0.357. The highest BCUT2D eigenvalue weighted by Crippen LogP contribution is 2.35. The van der Waals surface area contributed by atoms with Crippen molar-refractivity contribution in [2.24, 2.45) is 5.73 Å². The second-order valence-corrected chi connectivity index (χ2v) is 6.27. The van der Waals surface area contributed by atoms with Crippen molar-refractivity contribution in [3.05, 3.63) is 23.8 Å². The van der Waals surface area contributed by atoms with Crippen molar-refractivity contribution in [2.45, 2.75) is 30.2 Å². The lowest BCUT2D eigenvalue weighted by molar-refractivity contribution is 0.100. The Labute approximate surface area is 120 Å². The first kappa shape index (κ1) is 14.6. The minimum atomic E-state index is -1.36. The molecule has 1 aliphatic carbocycles. The molecule has 6 heteroatoms. The van der Waals surface area contributed by atoms with Crippen LogP contribution in [0.1, 0.15) is 30.1 Å². The van der Waals surface area contributed by atoms with Gasteiger partial charge >= 0.3 is 0 Å². The summed E-state index contributed by atoms with van der Waals surface area (Å²) >= 11 is 0. The summed E-state index contributed by atoms with van der Waals surface area (Å²) in [7, 11) is -1.36. The summed E-state index contributed by atoms with van der Waals surface area (Å²) in [5, 5.41) is 2.91. The van der Waals surface area contributed by atoms with Gasteiger partial charge in [-0.3, -0.25) is 4.79 Å². The summed E-state index contributed by atoms with van der Waals surface area (Å²) in [4.78, 5) is 12.0. The molecule has 106 valence electrons. The molecule has 0 saturated heterocycles. The summed E-state index contributed by atoms with van der Waals surface area (Å²) in [6, 6.07) is 4.90. The van der Waals surface area contributed by atoms with Gasteiger partial charge in [0.1, 0.15) is 11.0 Å². The van der Waals surface area contributed by atoms with Crippen LogP contribution in [0.4, 0.5) is 5.69 Å². The highest BCUT2D eigenvalue weighted by molar-refractivity contribution is 7.83. The normalized spacial score (nSPS) is 17.0. The Morgan fingerprint density at radius 1 is 1.55 bits per heavy atom. The van der Waals surface area contributed by atoms with E-state index in [0.29, 0.717) is 17.1 Å². The van der Waals surface area contributed by atoms with Crippen LogP contribution in [0.15, 0.2) is 23.1 Å². The number of carbonyl (C=O) groups excluding carboxylic acids is 1. The molecule has 0 heterocycles. The molecule has 0 aliphatic heterocycles. The van der Waals surface area contributed by atoms with Gasteiger partial charge in [-0.05, 0) is 38.0 Å². The highest BCUT2D eigenvalue weighted by atomic mass is 32.2. The zero-order chi connectivity index (χ0) is 14.8. The number of rotatable bonds is 6. The maximum Gasteiger partial charge on any atom is 0.250 e. The van der Waals surface area contributed by atoms with Crippen molar-refractivity contribution in [2.75, 3.05) is 11.9 Å². The molecule has 5 nitrogen and oxygen atoms in total. The van der Waals surface area contributed by atoms with E-state index in [-0.39, 0.29) is 11.1 Å². The number of terminal acetylenes is 1. The number of carbonyl (C=O) groups is 1. The van der Waals surface area contributed by atoms with Gasteiger partial charge in [0.15, 0.2) is 0 Å². The Balaban J connectivity index is 2.23. The molecule has 0 radical (unpaired) electrons. The van der Waals surface area contributed by atoms with Crippen LogP contribution in [-0.4, -0.2) is 22.2 Å². The Bertz CT molecular complexity index is 603. The predicted octanol–water partition coefficient (Wildman–Crippen LogP) is 0.995. The van der Waals surface area contributed by atoms with Crippen molar-refractivity contribution >= 4 is 22.6 Å². The second kappa shape index (κ2) is 5.65. The lowest BCUT2D eigenvalue weighted by Crippen LogP contribution is -2.30. The van der Waals surface area contributed by atoms with Crippen LogP contribution in [0, 0.1) is 12.3 Å². The molecule has 1 aromatic rings. The van der Waals surface area contributed by atoms with Crippen molar-refractivity contribution in [1.82, 2.24) is 4.72 Å². The number of benzene rings is 1. The average Bonchev–Trinajstić information content (AvgIpc) is 3.13. The van der Waals surface area contributed by atoms with Gasteiger partial charge in [-0.15, -0.1) is 6.42 Å². The zero-order valence-electron chi connectivity index (χ0n) is 11.2. The van der Waals surface area contributed by atoms with Crippen molar-refractivity contribution in [1.29, 1.82) is 0 Å². The van der Waals surface area contributed by atoms with Crippen LogP contribution < -0.4 is 15.8 Å². The van der Waals surface area contributed by atoms with E-state index >= 15 is 0 Å². The minimum Gasteiger partial charge on any atom is -0.373 e. The van der Waals surface area contributed by atoms with Crippen LogP contribution >= 0.6 is 0 Å². The fourth-order valence-corrected chi connectivity index (χ4v) is 2.90. The first-order chi connectivity index (χ1) is 9.45. The molecule has 1 atom stereocenters. The summed E-state index contributed by atoms with van der Waals surface area (Å²) in [5.41, 5.74) is 6.12. The molecule has 2 rings (SSSR count). The maximum absolute atomic E-state index is 12.2. The SMILES string of the molecule is C#CCNc1ccc(S(=O)NC2(C)CC2)cc1C(N)=O. The minimum absolute atomic E-state index is 0.0574. The number of nitrogens with one attached hydrogen (secondary N) is 2. The third-order valence-electron chi connectivity index (χ3n) is 3.19. The van der Waals surface area contributed by atoms with Crippen molar-refractivity contribution < 1.29 is 9.00 Å². The van der Waals surface area contributed by atoms with E-state index in [9.17, 15) is 9.00 Å². The maximum atomic E-state index is 12.2. The number of nitrogens with two attached hydrogens (primary N) is 1. The standard InChI is InChI=1S/C14H17N3O2S/c1-3-8-16-12-5-4-10(9-11(12)13(15)18)20(19)17-14(2)6-7-14/h1,4-5,9,16-17H,6-8H2,2H3,(H2,15,18). The van der Waals surface area contributed by atoms with E-state index in [1.54, 1.807) is 12.1 Å². The lowest BCUT2D eigenvalue weighted by Gasteiger charge is -2.13. The molecule has 1 amide bonds. The topological polar surface area (TPSA) is 84.2 Å². The van der Waals surface area contributed by atoms with Crippen LogP contribution in [0.3, 0.4) is 0 Å². The Kier molecular flexibility index (Phi) is 4.12. The lowest BCUT2D eigenvalue weighted by atomic mass is 10.1. The molecular weight excluding hydrogens is 274 g/mol. The van der Waals surface area contributed by atoms with Crippen LogP contribution in [-0.2, 0) is 11.0 Å². The van der Waals surface area contributed by atoms with Crippen LogP contribution in [0.5, 0.6) is 0 Å². The molecular formula is C14H17N3O2S. The molecule has 20 heavy (non-hydrogen) atoms. The van der Waals surface area contributed by atoms with Crippen LogP contribution in [0.2, 0.25) is 0 Å². The molecule has 1 fully saturated rings. The van der Waals surface area contributed by atoms with E-state index in [4.69, 9.17) is 12.2 Å². The molecule has 0 bridgehead atoms. The highest BCUT2D eigenvalue weighted by Gasteiger charge is 2.38. The second-order valence-electron chi connectivity index (χ2n) is 5.06. The van der Waals surface area contributed by atoms with Gasteiger partial charge < -0.3 is 11.1 Å². The first-order valence-corrected chi connectivity index (χ1v) is 7.41. The summed E-state index contributed by atoms with van der Waals surface area (Å²) in [5.74, 6) is 1.84. The predicted molar refractivity (Wildman–Crippen MR) is 79.5 cm³/mol. The largest absolute Gasteiger partial charge is 0.373 e. The third-order valence-corrected chi connectivity index (χ3v) is 4.55. The molecule has 4 N–H and O–H groups in total. The van der Waals surface area contributed by atoms with Gasteiger partial charge in [-0.1, -0.05) is 5.92 Å². The van der Waals surface area contributed by atoms with E-state index in [2.05, 4.69) is 16.0 Å². The van der Waals surface area contributed by atoms with E-state index in [1.165, 1.54) is 6.07 Å². The Morgan fingerprint density at radius 3 is 2.80 bits per heavy atom. The van der Waals surface area contributed by atoms with Gasteiger partial charge in [0.2, 0.25) is 0 Å². The quantitative estimate of drug-likeness (QED) is 0.684. The number of hydrogen-bond acceptors (Lipinski definition) is 3. The smallest absolute Gasteiger partial charge is 0.250 e. The zero-order valence-corrected chi connectivity index (χ0v) is 12.0. The fourth-order valence-electron chi connectivity index (χ4n) is 1.72. The van der Waals surface area contributed by atoms with E-state index < -0.39 is 16.9 Å². The summed E-state index contributed by atoms with van der Waals surface area (Å²) < 4.78 is 15.2. The van der Waals surface area contributed by atoms with Gasteiger partial charge in [-0.25, -0.2) is 8.93 Å². The third kappa shape index (κ3) is 3.38. The molecule has 1 aromatic carbocycles. The van der Waals surface area contributed by atoms with E-state index in [1.807, 2.05) is 6.92 Å². The van der Waals surface area contributed by atoms with Crippen LogP contribution in [0.25, 0.3) is 0 Å². The van der Waals surface area contributed by atoms with Gasteiger partial charge in [0.05, 0.1) is 17.0 Å². The summed E-state index contributed by atoms with van der Waals surface area (Å²) in [6.07, 6.45) is 7.18. The average molecular weight is 291 g/mol. The molecule has 1 aliphatic rings. The van der Waals surface area contributed by atoms with Gasteiger partial charge in [0, 0.05) is 11.2 Å². The molecule has 0 spiro atoms. The number of anilines is 1. The Hall–Kier alpha value is -1.84. The monoisotopic (exact) mass is 291 g/mol. The van der Waals surface area contributed by atoms with Gasteiger partial charge in [-0.2, -0.15) is 0 Å². The number of amides is 1. The van der Waals surface area contributed by atoms with Crippen molar-refractivity contribution in [3.63, 3.8) is 0 Å². The van der Waals surface area contributed by atoms with E-state index in [0.717, 1.165) is 12.8 Å². The molecule has 1 unspecified atom stereocenters. The number of primary amides is 1. The molecule has 0 aromatic heterocycles. The molecule has 1 saturated carbocycles.